The summed E-state index contributed by atoms with van der Waals surface area (Å²) in [5.41, 5.74) is 8.63. The number of hydrogen-bond acceptors (Lipinski definition) is 5. The number of piperazine rings is 1. The first-order chi connectivity index (χ1) is 10.2. The molecule has 0 saturated carbocycles. The molecule has 0 atom stereocenters. The lowest BCUT2D eigenvalue weighted by molar-refractivity contribution is 0.313. The van der Waals surface area contributed by atoms with Gasteiger partial charge in [-0.3, -0.25) is 0 Å². The van der Waals surface area contributed by atoms with Gasteiger partial charge < -0.3 is 15.5 Å². The number of rotatable bonds is 2. The normalized spacial score (nSPS) is 15.9. The van der Waals surface area contributed by atoms with Crippen LogP contribution in [0.4, 0.5) is 10.7 Å². The van der Waals surface area contributed by atoms with Crippen molar-refractivity contribution in [1.82, 2.24) is 4.90 Å². The van der Waals surface area contributed by atoms with Crippen molar-refractivity contribution in [1.29, 1.82) is 5.26 Å². The predicted octanol–water partition coefficient (Wildman–Crippen LogP) is 2.62. The van der Waals surface area contributed by atoms with Crippen LogP contribution in [0.1, 0.15) is 5.56 Å². The summed E-state index contributed by atoms with van der Waals surface area (Å²) < 4.78 is 0. The number of anilines is 2. The molecule has 0 bridgehead atoms. The topological polar surface area (TPSA) is 56.3 Å². The van der Waals surface area contributed by atoms with E-state index in [1.54, 1.807) is 11.3 Å². The first kappa shape index (κ1) is 13.9. The number of nitrogens with two attached hydrogens (primary N) is 1. The summed E-state index contributed by atoms with van der Waals surface area (Å²) in [5.74, 6) is 0. The molecule has 0 unspecified atom stereocenters. The standard InChI is InChI=1S/C16H18N4S/c1-19-6-8-20(9-7-19)14-3-2-12(10-13(14)11-17)15-4-5-16(18)21-15/h2-5,10H,6-9,18H2,1H3. The Morgan fingerprint density at radius 1 is 1.14 bits per heavy atom. The molecule has 1 aromatic heterocycles. The number of thiophene rings is 1. The average molecular weight is 298 g/mol. The summed E-state index contributed by atoms with van der Waals surface area (Å²) in [4.78, 5) is 5.71. The van der Waals surface area contributed by atoms with Gasteiger partial charge in [-0.25, -0.2) is 0 Å². The number of benzene rings is 1. The highest BCUT2D eigenvalue weighted by Gasteiger charge is 2.17. The Morgan fingerprint density at radius 3 is 2.52 bits per heavy atom. The third-order valence-corrected chi connectivity index (χ3v) is 4.84. The van der Waals surface area contributed by atoms with Gasteiger partial charge in [0.1, 0.15) is 6.07 Å². The van der Waals surface area contributed by atoms with Crippen LogP contribution in [0.2, 0.25) is 0 Å². The van der Waals surface area contributed by atoms with Crippen molar-refractivity contribution in [2.45, 2.75) is 0 Å². The molecule has 1 fully saturated rings. The fraction of sp³-hybridized carbons (Fsp3) is 0.312. The molecule has 2 N–H and O–H groups in total. The van der Waals surface area contributed by atoms with Gasteiger partial charge in [-0.05, 0) is 36.9 Å². The predicted molar refractivity (Wildman–Crippen MR) is 88.6 cm³/mol. The number of nitrogens with zero attached hydrogens (tertiary/aromatic N) is 3. The van der Waals surface area contributed by atoms with E-state index in [0.717, 1.165) is 52.9 Å². The summed E-state index contributed by atoms with van der Waals surface area (Å²) in [6.07, 6.45) is 0. The molecule has 108 valence electrons. The fourth-order valence-corrected chi connectivity index (χ4v) is 3.38. The quantitative estimate of drug-likeness (QED) is 0.926. The molecule has 2 heterocycles. The van der Waals surface area contributed by atoms with Crippen molar-refractivity contribution in [2.75, 3.05) is 43.9 Å². The maximum atomic E-state index is 9.47. The molecule has 1 saturated heterocycles. The summed E-state index contributed by atoms with van der Waals surface area (Å²) in [6.45, 7) is 4.01. The van der Waals surface area contributed by atoms with Crippen molar-refractivity contribution in [3.05, 3.63) is 35.9 Å². The van der Waals surface area contributed by atoms with Gasteiger partial charge in [0.15, 0.2) is 0 Å². The molecule has 0 amide bonds. The van der Waals surface area contributed by atoms with Crippen LogP contribution in [-0.2, 0) is 0 Å². The Balaban J connectivity index is 1.91. The van der Waals surface area contributed by atoms with Crippen LogP contribution in [0, 0.1) is 11.3 Å². The highest BCUT2D eigenvalue weighted by Crippen LogP contribution is 2.33. The average Bonchev–Trinajstić information content (AvgIpc) is 2.94. The molecule has 1 aliphatic heterocycles. The number of nitrogen functional groups attached to an aromatic ring is 1. The Hall–Kier alpha value is -2.03. The van der Waals surface area contributed by atoms with Gasteiger partial charge in [-0.2, -0.15) is 5.26 Å². The molecule has 0 radical (unpaired) electrons. The molecule has 5 heteroatoms. The molecular formula is C16H18N4S. The summed E-state index contributed by atoms with van der Waals surface area (Å²) in [7, 11) is 2.13. The summed E-state index contributed by atoms with van der Waals surface area (Å²) in [5, 5.41) is 10.3. The van der Waals surface area contributed by atoms with Crippen LogP contribution in [0.25, 0.3) is 10.4 Å². The van der Waals surface area contributed by atoms with Gasteiger partial charge in [0, 0.05) is 31.1 Å². The van der Waals surface area contributed by atoms with Crippen molar-refractivity contribution in [3.63, 3.8) is 0 Å². The highest BCUT2D eigenvalue weighted by molar-refractivity contribution is 7.19. The third-order valence-electron chi connectivity index (χ3n) is 3.87. The second-order valence-electron chi connectivity index (χ2n) is 5.34. The van der Waals surface area contributed by atoms with E-state index in [2.05, 4.69) is 35.0 Å². The Bertz CT molecular complexity index is 678. The van der Waals surface area contributed by atoms with E-state index >= 15 is 0 Å². The zero-order valence-electron chi connectivity index (χ0n) is 12.0. The number of likely N-dealkylation sites (N-methyl/N-ethyl adjacent to an activating group) is 1. The Morgan fingerprint density at radius 2 is 1.90 bits per heavy atom. The molecule has 0 aliphatic carbocycles. The van der Waals surface area contributed by atoms with Crippen molar-refractivity contribution < 1.29 is 0 Å². The summed E-state index contributed by atoms with van der Waals surface area (Å²) in [6, 6.07) is 12.4. The lowest BCUT2D eigenvalue weighted by Gasteiger charge is -2.34. The van der Waals surface area contributed by atoms with E-state index in [-0.39, 0.29) is 0 Å². The van der Waals surface area contributed by atoms with Gasteiger partial charge >= 0.3 is 0 Å². The fourth-order valence-electron chi connectivity index (χ4n) is 2.61. The number of nitriles is 1. The lowest BCUT2D eigenvalue weighted by Crippen LogP contribution is -2.44. The molecular weight excluding hydrogens is 280 g/mol. The summed E-state index contributed by atoms with van der Waals surface area (Å²) >= 11 is 1.55. The first-order valence-corrected chi connectivity index (χ1v) is 7.82. The van der Waals surface area contributed by atoms with E-state index in [1.807, 2.05) is 18.2 Å². The second-order valence-corrected chi connectivity index (χ2v) is 6.45. The van der Waals surface area contributed by atoms with Crippen molar-refractivity contribution in [3.8, 4) is 16.5 Å². The van der Waals surface area contributed by atoms with Crippen LogP contribution < -0.4 is 10.6 Å². The van der Waals surface area contributed by atoms with Crippen LogP contribution in [-0.4, -0.2) is 38.1 Å². The maximum absolute atomic E-state index is 9.47. The monoisotopic (exact) mass is 298 g/mol. The van der Waals surface area contributed by atoms with Crippen LogP contribution in [0.3, 0.4) is 0 Å². The zero-order valence-corrected chi connectivity index (χ0v) is 12.9. The largest absolute Gasteiger partial charge is 0.391 e. The minimum absolute atomic E-state index is 0.740. The van der Waals surface area contributed by atoms with Gasteiger partial charge in [-0.15, -0.1) is 11.3 Å². The SMILES string of the molecule is CN1CCN(c2ccc(-c3ccc(N)s3)cc2C#N)CC1. The smallest absolute Gasteiger partial charge is 0.101 e. The molecule has 21 heavy (non-hydrogen) atoms. The lowest BCUT2D eigenvalue weighted by atomic mass is 10.1. The van der Waals surface area contributed by atoms with Crippen LogP contribution >= 0.6 is 11.3 Å². The number of hydrogen-bond donors (Lipinski definition) is 1. The van der Waals surface area contributed by atoms with Gasteiger partial charge in [0.05, 0.1) is 16.3 Å². The van der Waals surface area contributed by atoms with E-state index < -0.39 is 0 Å². The minimum Gasteiger partial charge on any atom is -0.391 e. The molecule has 3 rings (SSSR count). The van der Waals surface area contributed by atoms with Crippen LogP contribution in [0.15, 0.2) is 30.3 Å². The first-order valence-electron chi connectivity index (χ1n) is 7.00. The molecule has 1 aliphatic rings. The molecule has 4 nitrogen and oxygen atoms in total. The molecule has 1 aromatic carbocycles. The Labute approximate surface area is 129 Å². The van der Waals surface area contributed by atoms with Crippen LogP contribution in [0.5, 0.6) is 0 Å². The Kier molecular flexibility index (Phi) is 3.82. The van der Waals surface area contributed by atoms with Crippen molar-refractivity contribution in [2.24, 2.45) is 0 Å². The highest BCUT2D eigenvalue weighted by atomic mass is 32.1. The van der Waals surface area contributed by atoms with Crippen molar-refractivity contribution >= 4 is 22.0 Å². The van der Waals surface area contributed by atoms with E-state index in [9.17, 15) is 5.26 Å². The van der Waals surface area contributed by atoms with Gasteiger partial charge in [0.25, 0.3) is 0 Å². The third kappa shape index (κ3) is 2.87. The maximum Gasteiger partial charge on any atom is 0.101 e. The minimum atomic E-state index is 0.740. The van der Waals surface area contributed by atoms with Gasteiger partial charge in [-0.1, -0.05) is 6.07 Å². The van der Waals surface area contributed by atoms with E-state index in [1.165, 1.54) is 0 Å². The molecule has 2 aromatic rings. The van der Waals surface area contributed by atoms with Gasteiger partial charge in [0.2, 0.25) is 0 Å². The molecule has 0 spiro atoms. The van der Waals surface area contributed by atoms with E-state index in [4.69, 9.17) is 5.73 Å². The van der Waals surface area contributed by atoms with E-state index in [0.29, 0.717) is 0 Å². The zero-order chi connectivity index (χ0) is 14.8. The second kappa shape index (κ2) is 5.76.